The monoisotopic (exact) mass is 359 g/mol. The van der Waals surface area contributed by atoms with Crippen molar-refractivity contribution in [3.63, 3.8) is 0 Å². The summed E-state index contributed by atoms with van der Waals surface area (Å²) in [4.78, 5) is 11.7. The number of aromatic nitrogens is 2. The number of aromatic amines is 1. The van der Waals surface area contributed by atoms with Crippen molar-refractivity contribution in [1.82, 2.24) is 10.2 Å². The Morgan fingerprint density at radius 3 is 2.85 bits per heavy atom. The minimum Gasteiger partial charge on any atom is -0.465 e. The number of anilines is 1. The van der Waals surface area contributed by atoms with E-state index in [0.717, 1.165) is 0 Å². The lowest BCUT2D eigenvalue weighted by Gasteiger charge is -2.01. The van der Waals surface area contributed by atoms with Gasteiger partial charge in [0, 0.05) is 11.6 Å². The highest BCUT2D eigenvalue weighted by Crippen LogP contribution is 2.27. The molecule has 2 heterocycles. The highest BCUT2D eigenvalue weighted by Gasteiger charge is 2.15. The van der Waals surface area contributed by atoms with Gasteiger partial charge in [-0.05, 0) is 24.3 Å². The van der Waals surface area contributed by atoms with E-state index < -0.39 is 5.97 Å². The SMILES string of the molecule is COC(=O)c1cccc(-c2ccc(C=C(C#N)c3[nH]nc(N)c3C#N)o2)c1. The van der Waals surface area contributed by atoms with Crippen LogP contribution in [0.25, 0.3) is 23.0 Å². The summed E-state index contributed by atoms with van der Waals surface area (Å²) in [5.74, 6) is 0.473. The minimum absolute atomic E-state index is 0.0217. The van der Waals surface area contributed by atoms with Gasteiger partial charge in [-0.1, -0.05) is 12.1 Å². The molecule has 8 heteroatoms. The fourth-order valence-corrected chi connectivity index (χ4v) is 2.47. The molecule has 0 unspecified atom stereocenters. The van der Waals surface area contributed by atoms with Crippen LogP contribution in [0, 0.1) is 22.7 Å². The predicted octanol–water partition coefficient (Wildman–Crippen LogP) is 2.97. The number of furan rings is 1. The zero-order chi connectivity index (χ0) is 19.4. The van der Waals surface area contributed by atoms with Crippen LogP contribution < -0.4 is 5.73 Å². The number of nitriles is 2. The second-order valence-corrected chi connectivity index (χ2v) is 5.41. The third kappa shape index (κ3) is 3.41. The number of nitrogen functional groups attached to an aromatic ring is 1. The Bertz CT molecular complexity index is 1120. The van der Waals surface area contributed by atoms with Crippen molar-refractivity contribution in [2.75, 3.05) is 12.8 Å². The number of hydrogen-bond donors (Lipinski definition) is 2. The van der Waals surface area contributed by atoms with Gasteiger partial charge in [0.15, 0.2) is 5.82 Å². The summed E-state index contributed by atoms with van der Waals surface area (Å²) in [6, 6.07) is 14.1. The summed E-state index contributed by atoms with van der Waals surface area (Å²) in [5.41, 5.74) is 7.16. The van der Waals surface area contributed by atoms with E-state index in [2.05, 4.69) is 10.2 Å². The largest absolute Gasteiger partial charge is 0.465 e. The van der Waals surface area contributed by atoms with E-state index in [1.165, 1.54) is 13.2 Å². The molecular formula is C19H13N5O3. The lowest BCUT2D eigenvalue weighted by molar-refractivity contribution is 0.0601. The summed E-state index contributed by atoms with van der Waals surface area (Å²) in [6.07, 6.45) is 1.47. The number of ether oxygens (including phenoxy) is 1. The van der Waals surface area contributed by atoms with Crippen LogP contribution in [0.2, 0.25) is 0 Å². The molecule has 0 aliphatic carbocycles. The Morgan fingerprint density at radius 1 is 1.33 bits per heavy atom. The van der Waals surface area contributed by atoms with E-state index in [0.29, 0.717) is 22.6 Å². The first-order valence-electron chi connectivity index (χ1n) is 7.72. The number of hydrogen-bond acceptors (Lipinski definition) is 7. The standard InChI is InChI=1S/C19H13N5O3/c1-26-19(25)12-4-2-3-11(7-12)16-6-5-14(27-16)8-13(9-20)17-15(10-21)18(22)24-23-17/h2-8H,1H3,(H3,22,23,24). The van der Waals surface area contributed by atoms with E-state index >= 15 is 0 Å². The molecule has 0 aliphatic heterocycles. The van der Waals surface area contributed by atoms with E-state index in [1.807, 2.05) is 12.1 Å². The van der Waals surface area contributed by atoms with Crippen molar-refractivity contribution in [2.45, 2.75) is 0 Å². The minimum atomic E-state index is -0.448. The molecule has 0 spiro atoms. The fraction of sp³-hybridized carbons (Fsp3) is 0.0526. The highest BCUT2D eigenvalue weighted by molar-refractivity contribution is 5.91. The average molecular weight is 359 g/mol. The molecule has 0 saturated carbocycles. The molecule has 0 bridgehead atoms. The van der Waals surface area contributed by atoms with Crippen LogP contribution in [0.5, 0.6) is 0 Å². The van der Waals surface area contributed by atoms with Crippen molar-refractivity contribution in [3.05, 3.63) is 59.0 Å². The van der Waals surface area contributed by atoms with Crippen molar-refractivity contribution < 1.29 is 13.9 Å². The molecule has 0 fully saturated rings. The number of rotatable bonds is 4. The fourth-order valence-electron chi connectivity index (χ4n) is 2.47. The molecule has 132 valence electrons. The van der Waals surface area contributed by atoms with Gasteiger partial charge < -0.3 is 14.9 Å². The molecule has 1 aromatic carbocycles. The highest BCUT2D eigenvalue weighted by atomic mass is 16.5. The van der Waals surface area contributed by atoms with Crippen molar-refractivity contribution in [2.24, 2.45) is 0 Å². The first-order chi connectivity index (χ1) is 13.1. The predicted molar refractivity (Wildman–Crippen MR) is 96.7 cm³/mol. The summed E-state index contributed by atoms with van der Waals surface area (Å²) in [7, 11) is 1.31. The van der Waals surface area contributed by atoms with E-state index in [-0.39, 0.29) is 22.6 Å². The molecule has 3 aromatic rings. The average Bonchev–Trinajstić information content (AvgIpc) is 3.31. The van der Waals surface area contributed by atoms with Gasteiger partial charge in [-0.3, -0.25) is 5.10 Å². The maximum Gasteiger partial charge on any atom is 0.337 e. The third-order valence-electron chi connectivity index (χ3n) is 3.78. The maximum atomic E-state index is 11.7. The van der Waals surface area contributed by atoms with E-state index in [4.69, 9.17) is 20.1 Å². The molecule has 27 heavy (non-hydrogen) atoms. The lowest BCUT2D eigenvalue weighted by atomic mass is 10.1. The number of nitrogens with zero attached hydrogens (tertiary/aromatic N) is 3. The molecule has 0 atom stereocenters. The van der Waals surface area contributed by atoms with Gasteiger partial charge in [-0.2, -0.15) is 15.6 Å². The number of H-pyrrole nitrogens is 1. The molecular weight excluding hydrogens is 346 g/mol. The zero-order valence-corrected chi connectivity index (χ0v) is 14.2. The molecule has 0 aliphatic rings. The molecule has 2 aromatic heterocycles. The van der Waals surface area contributed by atoms with Gasteiger partial charge >= 0.3 is 5.97 Å². The van der Waals surface area contributed by atoms with Gasteiger partial charge in [-0.25, -0.2) is 4.79 Å². The Kier molecular flexibility index (Phi) is 4.73. The first kappa shape index (κ1) is 17.5. The normalized spacial score (nSPS) is 10.9. The number of esters is 1. The number of nitrogens with one attached hydrogen (secondary N) is 1. The maximum absolute atomic E-state index is 11.7. The number of carbonyl (C=O) groups is 1. The van der Waals surface area contributed by atoms with Crippen LogP contribution in [0.3, 0.4) is 0 Å². The van der Waals surface area contributed by atoms with Crippen LogP contribution in [-0.4, -0.2) is 23.3 Å². The first-order valence-corrected chi connectivity index (χ1v) is 7.72. The van der Waals surface area contributed by atoms with Crippen molar-refractivity contribution >= 4 is 23.4 Å². The molecule has 0 saturated heterocycles. The van der Waals surface area contributed by atoms with Crippen molar-refractivity contribution in [1.29, 1.82) is 10.5 Å². The smallest absolute Gasteiger partial charge is 0.337 e. The van der Waals surface area contributed by atoms with Crippen molar-refractivity contribution in [3.8, 4) is 23.5 Å². The molecule has 0 amide bonds. The van der Waals surface area contributed by atoms with Gasteiger partial charge in [0.1, 0.15) is 29.2 Å². The van der Waals surface area contributed by atoms with E-state index in [1.54, 1.807) is 36.4 Å². The van der Waals surface area contributed by atoms with Gasteiger partial charge in [-0.15, -0.1) is 0 Å². The Hall–Kier alpha value is -4.30. The van der Waals surface area contributed by atoms with Gasteiger partial charge in [0.25, 0.3) is 0 Å². The number of methoxy groups -OCH3 is 1. The second-order valence-electron chi connectivity index (χ2n) is 5.41. The number of allylic oxidation sites excluding steroid dienone is 1. The summed E-state index contributed by atoms with van der Waals surface area (Å²) in [6.45, 7) is 0. The summed E-state index contributed by atoms with van der Waals surface area (Å²) in [5, 5.41) is 24.9. The van der Waals surface area contributed by atoms with Gasteiger partial charge in [0.2, 0.25) is 0 Å². The molecule has 3 N–H and O–H groups in total. The summed E-state index contributed by atoms with van der Waals surface area (Å²) < 4.78 is 10.5. The van der Waals surface area contributed by atoms with Crippen LogP contribution in [0.1, 0.15) is 27.4 Å². The van der Waals surface area contributed by atoms with Crippen LogP contribution >= 0.6 is 0 Å². The molecule has 3 rings (SSSR count). The number of carbonyl (C=O) groups excluding carboxylic acids is 1. The van der Waals surface area contributed by atoms with Gasteiger partial charge in [0.05, 0.1) is 23.9 Å². The molecule has 8 nitrogen and oxygen atoms in total. The lowest BCUT2D eigenvalue weighted by Crippen LogP contribution is -2.00. The van der Waals surface area contributed by atoms with Crippen LogP contribution in [0.15, 0.2) is 40.8 Å². The Balaban J connectivity index is 1.96. The van der Waals surface area contributed by atoms with E-state index in [9.17, 15) is 10.1 Å². The quantitative estimate of drug-likeness (QED) is 0.538. The second kappa shape index (κ2) is 7.30. The van der Waals surface area contributed by atoms with Crippen LogP contribution in [-0.2, 0) is 4.74 Å². The zero-order valence-electron chi connectivity index (χ0n) is 14.2. The molecule has 0 radical (unpaired) electrons. The Morgan fingerprint density at radius 2 is 2.15 bits per heavy atom. The topological polar surface area (TPSA) is 142 Å². The summed E-state index contributed by atoms with van der Waals surface area (Å²) >= 11 is 0. The number of nitrogens with two attached hydrogens (primary N) is 1. The van der Waals surface area contributed by atoms with Crippen LogP contribution in [0.4, 0.5) is 5.82 Å². The number of benzene rings is 1. The Labute approximate surface area is 154 Å². The third-order valence-corrected chi connectivity index (χ3v) is 3.78.